The fourth-order valence-electron chi connectivity index (χ4n) is 2.76. The van der Waals surface area contributed by atoms with Crippen molar-refractivity contribution in [1.29, 1.82) is 0 Å². The van der Waals surface area contributed by atoms with Gasteiger partial charge in [-0.25, -0.2) is 9.97 Å². The van der Waals surface area contributed by atoms with Crippen LogP contribution in [-0.4, -0.2) is 22.6 Å². The fraction of sp³-hybridized carbons (Fsp3) is 0.714. The van der Waals surface area contributed by atoms with Gasteiger partial charge in [0.05, 0.1) is 0 Å². The first-order valence-corrected chi connectivity index (χ1v) is 6.94. The molecule has 1 saturated carbocycles. The Kier molecular flexibility index (Phi) is 4.04. The van der Waals surface area contributed by atoms with Crippen molar-refractivity contribution in [1.82, 2.24) is 9.97 Å². The Morgan fingerprint density at radius 2 is 2.00 bits per heavy atom. The molecule has 1 aliphatic carbocycles. The summed E-state index contributed by atoms with van der Waals surface area (Å²) >= 11 is 0. The molecular weight excluding hydrogens is 224 g/mol. The van der Waals surface area contributed by atoms with Crippen LogP contribution in [-0.2, 0) is 0 Å². The largest absolute Gasteiger partial charge is 0.384 e. The van der Waals surface area contributed by atoms with Crippen LogP contribution in [0.5, 0.6) is 0 Å². The van der Waals surface area contributed by atoms with Crippen molar-refractivity contribution in [3.05, 3.63) is 11.9 Å². The van der Waals surface area contributed by atoms with E-state index in [9.17, 15) is 0 Å². The van der Waals surface area contributed by atoms with Crippen molar-refractivity contribution in [3.63, 3.8) is 0 Å². The van der Waals surface area contributed by atoms with Crippen molar-refractivity contribution >= 4 is 11.6 Å². The summed E-state index contributed by atoms with van der Waals surface area (Å²) in [6, 6.07) is 2.54. The summed E-state index contributed by atoms with van der Waals surface area (Å²) in [5, 5.41) is 0. The molecule has 1 aliphatic rings. The molecule has 4 nitrogen and oxygen atoms in total. The molecule has 0 atom stereocenters. The Labute approximate surface area is 110 Å². The first-order chi connectivity index (χ1) is 8.56. The molecule has 1 heterocycles. The summed E-state index contributed by atoms with van der Waals surface area (Å²) in [4.78, 5) is 11.2. The van der Waals surface area contributed by atoms with Crippen LogP contribution in [0.1, 0.15) is 45.4 Å². The molecule has 4 heteroatoms. The number of hydrogen-bond donors (Lipinski definition) is 1. The van der Waals surface area contributed by atoms with E-state index in [1.165, 1.54) is 25.7 Å². The third-order valence-electron chi connectivity index (χ3n) is 3.47. The fourth-order valence-corrected chi connectivity index (χ4v) is 2.76. The molecule has 0 aromatic carbocycles. The standard InChI is InChI=1S/C14H24N4/c1-10(2)9-18(12-6-4-5-7-12)14-8-13(15)16-11(3)17-14/h8,10,12H,4-7,9H2,1-3H3,(H2,15,16,17). The van der Waals surface area contributed by atoms with Gasteiger partial charge >= 0.3 is 0 Å². The minimum atomic E-state index is 0.573. The molecular formula is C14H24N4. The molecule has 0 saturated heterocycles. The van der Waals surface area contributed by atoms with Gasteiger partial charge < -0.3 is 10.6 Å². The lowest BCUT2D eigenvalue weighted by Gasteiger charge is -2.31. The monoisotopic (exact) mass is 248 g/mol. The maximum Gasteiger partial charge on any atom is 0.134 e. The number of nitrogens with two attached hydrogens (primary N) is 1. The van der Waals surface area contributed by atoms with E-state index in [1.807, 2.05) is 13.0 Å². The van der Waals surface area contributed by atoms with E-state index in [2.05, 4.69) is 28.7 Å². The minimum Gasteiger partial charge on any atom is -0.384 e. The van der Waals surface area contributed by atoms with Gasteiger partial charge in [-0.15, -0.1) is 0 Å². The second-order valence-corrected chi connectivity index (χ2v) is 5.68. The summed E-state index contributed by atoms with van der Waals surface area (Å²) in [7, 11) is 0. The second kappa shape index (κ2) is 5.55. The molecule has 1 aromatic rings. The van der Waals surface area contributed by atoms with E-state index in [0.29, 0.717) is 17.8 Å². The first kappa shape index (κ1) is 13.1. The van der Waals surface area contributed by atoms with Crippen LogP contribution < -0.4 is 10.6 Å². The summed E-state index contributed by atoms with van der Waals surface area (Å²) in [5.74, 6) is 2.96. The van der Waals surface area contributed by atoms with Crippen LogP contribution in [0.25, 0.3) is 0 Å². The van der Waals surface area contributed by atoms with E-state index >= 15 is 0 Å². The quantitative estimate of drug-likeness (QED) is 0.890. The Morgan fingerprint density at radius 3 is 2.56 bits per heavy atom. The number of aromatic nitrogens is 2. The van der Waals surface area contributed by atoms with E-state index in [4.69, 9.17) is 5.73 Å². The maximum absolute atomic E-state index is 5.85. The molecule has 18 heavy (non-hydrogen) atoms. The molecule has 2 rings (SSSR count). The first-order valence-electron chi connectivity index (χ1n) is 6.94. The van der Waals surface area contributed by atoms with Gasteiger partial charge in [-0.2, -0.15) is 0 Å². The number of hydrogen-bond acceptors (Lipinski definition) is 4. The molecule has 0 bridgehead atoms. The van der Waals surface area contributed by atoms with Crippen molar-refractivity contribution < 1.29 is 0 Å². The van der Waals surface area contributed by atoms with Crippen LogP contribution in [0.4, 0.5) is 11.6 Å². The zero-order valence-electron chi connectivity index (χ0n) is 11.7. The van der Waals surface area contributed by atoms with Gasteiger partial charge in [0, 0.05) is 18.7 Å². The number of nitrogen functional groups attached to an aromatic ring is 1. The van der Waals surface area contributed by atoms with E-state index in [0.717, 1.165) is 18.2 Å². The highest BCUT2D eigenvalue weighted by Gasteiger charge is 2.24. The van der Waals surface area contributed by atoms with Crippen LogP contribution >= 0.6 is 0 Å². The van der Waals surface area contributed by atoms with Crippen molar-refractivity contribution in [2.75, 3.05) is 17.2 Å². The highest BCUT2D eigenvalue weighted by molar-refractivity contribution is 5.48. The van der Waals surface area contributed by atoms with Gasteiger partial charge in [-0.05, 0) is 25.7 Å². The van der Waals surface area contributed by atoms with Crippen LogP contribution in [0.15, 0.2) is 6.07 Å². The predicted octanol–water partition coefficient (Wildman–Crippen LogP) is 2.77. The Hall–Kier alpha value is -1.32. The number of anilines is 2. The Bertz CT molecular complexity index is 377. The third kappa shape index (κ3) is 3.12. The van der Waals surface area contributed by atoms with E-state index in [-0.39, 0.29) is 0 Å². The van der Waals surface area contributed by atoms with Gasteiger partial charge in [0.15, 0.2) is 0 Å². The summed E-state index contributed by atoms with van der Waals surface area (Å²) in [5.41, 5.74) is 5.85. The number of nitrogens with zero attached hydrogens (tertiary/aromatic N) is 3. The molecule has 1 aromatic heterocycles. The third-order valence-corrected chi connectivity index (χ3v) is 3.47. The lowest BCUT2D eigenvalue weighted by molar-refractivity contribution is 0.530. The van der Waals surface area contributed by atoms with Gasteiger partial charge in [0.1, 0.15) is 17.5 Å². The molecule has 0 spiro atoms. The average Bonchev–Trinajstić information content (AvgIpc) is 2.77. The molecule has 1 fully saturated rings. The van der Waals surface area contributed by atoms with Crippen molar-refractivity contribution in [2.24, 2.45) is 5.92 Å². The highest BCUT2D eigenvalue weighted by Crippen LogP contribution is 2.28. The number of aryl methyl sites for hydroxylation is 1. The summed E-state index contributed by atoms with van der Waals surface area (Å²) in [6.45, 7) is 7.45. The molecule has 2 N–H and O–H groups in total. The zero-order chi connectivity index (χ0) is 13.1. The minimum absolute atomic E-state index is 0.573. The molecule has 0 amide bonds. The smallest absolute Gasteiger partial charge is 0.134 e. The maximum atomic E-state index is 5.85. The van der Waals surface area contributed by atoms with Crippen LogP contribution in [0, 0.1) is 12.8 Å². The second-order valence-electron chi connectivity index (χ2n) is 5.68. The highest BCUT2D eigenvalue weighted by atomic mass is 15.2. The molecule has 0 unspecified atom stereocenters. The SMILES string of the molecule is Cc1nc(N)cc(N(CC(C)C)C2CCCC2)n1. The lowest BCUT2D eigenvalue weighted by Crippen LogP contribution is -2.37. The molecule has 100 valence electrons. The van der Waals surface area contributed by atoms with Crippen molar-refractivity contribution in [2.45, 2.75) is 52.5 Å². The topological polar surface area (TPSA) is 55.0 Å². The van der Waals surface area contributed by atoms with Crippen LogP contribution in [0.3, 0.4) is 0 Å². The van der Waals surface area contributed by atoms with Crippen LogP contribution in [0.2, 0.25) is 0 Å². The zero-order valence-corrected chi connectivity index (χ0v) is 11.7. The molecule has 0 radical (unpaired) electrons. The van der Waals surface area contributed by atoms with Gasteiger partial charge in [0.25, 0.3) is 0 Å². The number of rotatable bonds is 4. The molecule has 0 aliphatic heterocycles. The van der Waals surface area contributed by atoms with E-state index in [1.54, 1.807) is 0 Å². The lowest BCUT2D eigenvalue weighted by atomic mass is 10.1. The van der Waals surface area contributed by atoms with Crippen molar-refractivity contribution in [3.8, 4) is 0 Å². The average molecular weight is 248 g/mol. The summed E-state index contributed by atoms with van der Waals surface area (Å²) in [6.07, 6.45) is 5.21. The Morgan fingerprint density at radius 1 is 1.33 bits per heavy atom. The summed E-state index contributed by atoms with van der Waals surface area (Å²) < 4.78 is 0. The Balaban J connectivity index is 2.26. The van der Waals surface area contributed by atoms with Gasteiger partial charge in [-0.1, -0.05) is 26.7 Å². The van der Waals surface area contributed by atoms with E-state index < -0.39 is 0 Å². The van der Waals surface area contributed by atoms with Gasteiger partial charge in [-0.3, -0.25) is 0 Å². The predicted molar refractivity (Wildman–Crippen MR) is 75.6 cm³/mol. The normalized spacial score (nSPS) is 16.4. The van der Waals surface area contributed by atoms with Gasteiger partial charge in [0.2, 0.25) is 0 Å².